The van der Waals surface area contributed by atoms with Crippen molar-refractivity contribution < 1.29 is 16.8 Å². The van der Waals surface area contributed by atoms with Crippen LogP contribution in [-0.4, -0.2) is 59.6 Å². The van der Waals surface area contributed by atoms with E-state index in [-0.39, 0.29) is 54.0 Å². The molecular weight excluding hydrogens is 293 g/mol. The van der Waals surface area contributed by atoms with Crippen molar-refractivity contribution in [1.29, 1.82) is 0 Å². The molecule has 0 N–H and O–H groups in total. The van der Waals surface area contributed by atoms with Crippen molar-refractivity contribution in [1.82, 2.24) is 19.6 Å². The van der Waals surface area contributed by atoms with Crippen LogP contribution in [0.4, 0.5) is 0 Å². The molecule has 4 heterocycles. The minimum Gasteiger partial charge on any atom is -0.264 e. The summed E-state index contributed by atoms with van der Waals surface area (Å²) in [5, 5.41) is 0. The third kappa shape index (κ3) is 3.10. The molecule has 0 aromatic rings. The van der Waals surface area contributed by atoms with E-state index >= 15 is 0 Å². The second-order valence-electron chi connectivity index (χ2n) is 3.53. The molecule has 0 atom stereocenters. The van der Waals surface area contributed by atoms with Gasteiger partial charge in [0.05, 0.1) is 40.0 Å². The van der Waals surface area contributed by atoms with Crippen LogP contribution in [0.1, 0.15) is 0 Å². The zero-order chi connectivity index (χ0) is 6.55. The minimum absolute atomic E-state index is 0. The van der Waals surface area contributed by atoms with E-state index in [9.17, 15) is 0 Å². The zero-order valence-electron chi connectivity index (χ0n) is 7.59. The summed E-state index contributed by atoms with van der Waals surface area (Å²) in [4.78, 5) is 9.88. The number of halogens is 3. The van der Waals surface area contributed by atoms with Crippen LogP contribution < -0.4 is 0 Å². The Morgan fingerprint density at radius 2 is 0.571 bits per heavy atom. The molecule has 4 rings (SSSR count). The minimum atomic E-state index is 0. The van der Waals surface area contributed by atoms with Gasteiger partial charge in [-0.1, -0.05) is 0 Å². The van der Waals surface area contributed by atoms with Crippen LogP contribution in [0.2, 0.25) is 0 Å². The van der Waals surface area contributed by atoms with Gasteiger partial charge in [-0.25, -0.2) is 0 Å². The fourth-order valence-corrected chi connectivity index (χ4v) is 2.23. The van der Waals surface area contributed by atoms with E-state index in [1.54, 1.807) is 0 Å². The van der Waals surface area contributed by atoms with Crippen LogP contribution in [0.3, 0.4) is 0 Å². The summed E-state index contributed by atoms with van der Waals surface area (Å²) in [6, 6.07) is 0. The molecule has 4 nitrogen and oxygen atoms in total. The van der Waals surface area contributed by atoms with E-state index in [4.69, 9.17) is 0 Å². The predicted molar refractivity (Wildman–Crippen MR) is 58.3 cm³/mol. The summed E-state index contributed by atoms with van der Waals surface area (Å²) in [6.45, 7) is 7.12. The Bertz CT molecular complexity index is 117. The second kappa shape index (κ2) is 6.72. The Morgan fingerprint density at radius 1 is 0.429 bits per heavy atom. The SMILES string of the molecule is C1N2CN3CN1CN(C2)C3.Cl.Cl.Cl.[Co]. The van der Waals surface area contributed by atoms with Gasteiger partial charge in [0, 0.05) is 16.8 Å². The Morgan fingerprint density at radius 3 is 0.714 bits per heavy atom. The number of hydrogen-bond acceptors (Lipinski definition) is 4. The molecule has 0 saturated carbocycles. The maximum absolute atomic E-state index is 2.47. The van der Waals surface area contributed by atoms with Gasteiger partial charge < -0.3 is 0 Å². The topological polar surface area (TPSA) is 13.0 Å². The molecule has 4 saturated heterocycles. The van der Waals surface area contributed by atoms with Crippen LogP contribution in [0, 0.1) is 0 Å². The average molecular weight is 309 g/mol. The smallest absolute Gasteiger partial charge is 0.0555 e. The van der Waals surface area contributed by atoms with Crippen LogP contribution >= 0.6 is 37.2 Å². The largest absolute Gasteiger partial charge is 0.264 e. The maximum atomic E-state index is 2.47. The Labute approximate surface area is 113 Å². The summed E-state index contributed by atoms with van der Waals surface area (Å²) in [7, 11) is 0. The Balaban J connectivity index is 0. The van der Waals surface area contributed by atoms with Crippen molar-refractivity contribution in [2.24, 2.45) is 0 Å². The monoisotopic (exact) mass is 307 g/mol. The van der Waals surface area contributed by atoms with Gasteiger partial charge in [0.25, 0.3) is 0 Å². The summed E-state index contributed by atoms with van der Waals surface area (Å²) in [5.74, 6) is 0. The molecule has 14 heavy (non-hydrogen) atoms. The van der Waals surface area contributed by atoms with E-state index in [0.29, 0.717) is 0 Å². The maximum Gasteiger partial charge on any atom is 0.0555 e. The average Bonchev–Trinajstić information content (AvgIpc) is 1.82. The summed E-state index contributed by atoms with van der Waals surface area (Å²) in [5.41, 5.74) is 0. The first-order valence-corrected chi connectivity index (χ1v) is 3.79. The first-order valence-electron chi connectivity index (χ1n) is 3.79. The molecule has 0 aromatic heterocycles. The van der Waals surface area contributed by atoms with Crippen LogP contribution in [0.5, 0.6) is 0 Å². The summed E-state index contributed by atoms with van der Waals surface area (Å²) >= 11 is 0. The van der Waals surface area contributed by atoms with E-state index in [0.717, 1.165) is 0 Å². The van der Waals surface area contributed by atoms with Gasteiger partial charge in [-0.3, -0.25) is 19.6 Å². The van der Waals surface area contributed by atoms with Gasteiger partial charge in [-0.15, -0.1) is 37.2 Å². The molecule has 4 fully saturated rings. The van der Waals surface area contributed by atoms with Crippen molar-refractivity contribution in [3.63, 3.8) is 0 Å². The predicted octanol–water partition coefficient (Wildman–Crippen LogP) is 0.243. The summed E-state index contributed by atoms with van der Waals surface area (Å²) < 4.78 is 0. The zero-order valence-corrected chi connectivity index (χ0v) is 11.1. The summed E-state index contributed by atoms with van der Waals surface area (Å²) in [6.07, 6.45) is 0. The van der Waals surface area contributed by atoms with E-state index in [1.807, 2.05) is 0 Å². The molecule has 0 spiro atoms. The van der Waals surface area contributed by atoms with Crippen LogP contribution in [0.15, 0.2) is 0 Å². The van der Waals surface area contributed by atoms with Crippen LogP contribution in [0.25, 0.3) is 0 Å². The molecule has 0 unspecified atom stereocenters. The quantitative estimate of drug-likeness (QED) is 0.636. The van der Waals surface area contributed by atoms with Gasteiger partial charge in [0.15, 0.2) is 0 Å². The molecule has 0 amide bonds. The molecule has 0 aliphatic carbocycles. The van der Waals surface area contributed by atoms with Gasteiger partial charge >= 0.3 is 0 Å². The third-order valence-corrected chi connectivity index (χ3v) is 2.40. The molecule has 8 heteroatoms. The van der Waals surface area contributed by atoms with Gasteiger partial charge in [0.2, 0.25) is 0 Å². The third-order valence-electron chi connectivity index (χ3n) is 2.40. The van der Waals surface area contributed by atoms with Gasteiger partial charge in [0.1, 0.15) is 0 Å². The van der Waals surface area contributed by atoms with Crippen molar-refractivity contribution in [3.05, 3.63) is 0 Å². The Hall–Kier alpha value is 1.22. The van der Waals surface area contributed by atoms with Crippen molar-refractivity contribution in [2.45, 2.75) is 0 Å². The van der Waals surface area contributed by atoms with Crippen molar-refractivity contribution in [2.75, 3.05) is 40.0 Å². The van der Waals surface area contributed by atoms with E-state index in [1.165, 1.54) is 40.0 Å². The second-order valence-corrected chi connectivity index (χ2v) is 3.53. The van der Waals surface area contributed by atoms with E-state index in [2.05, 4.69) is 19.6 Å². The van der Waals surface area contributed by atoms with Crippen molar-refractivity contribution >= 4 is 37.2 Å². The van der Waals surface area contributed by atoms with Gasteiger partial charge in [-0.05, 0) is 0 Å². The van der Waals surface area contributed by atoms with Crippen molar-refractivity contribution in [3.8, 4) is 0 Å². The fourth-order valence-electron chi connectivity index (χ4n) is 2.23. The standard InChI is InChI=1S/C6H12N4.3ClH.Co/c1-7-2-9-4-8(1)5-10(3-7)6-9;;;;/h1-6H2;3*1H;. The first-order chi connectivity index (χ1) is 4.90. The van der Waals surface area contributed by atoms with E-state index < -0.39 is 0 Å². The number of nitrogens with zero attached hydrogens (tertiary/aromatic N) is 4. The molecule has 4 aliphatic heterocycles. The molecule has 4 aliphatic rings. The molecule has 1 radical (unpaired) electrons. The van der Waals surface area contributed by atoms with Crippen LogP contribution in [-0.2, 0) is 16.8 Å². The molecule has 89 valence electrons. The fraction of sp³-hybridized carbons (Fsp3) is 1.00. The normalized spacial score (nSPS) is 41.1. The van der Waals surface area contributed by atoms with Gasteiger partial charge in [-0.2, -0.15) is 0 Å². The first kappa shape index (κ1) is 17.6. The molecule has 4 bridgehead atoms. The molecular formula is C6H15Cl3CoN4. The number of hydrogen-bond donors (Lipinski definition) is 0. The molecule has 0 aromatic carbocycles. The number of rotatable bonds is 0. The Kier molecular flexibility index (Phi) is 8.46.